The van der Waals surface area contributed by atoms with Crippen molar-refractivity contribution in [2.45, 2.75) is 6.92 Å². The number of nitrogens with zero attached hydrogens (tertiary/aromatic N) is 3. The van der Waals surface area contributed by atoms with Gasteiger partial charge < -0.3 is 15.0 Å². The van der Waals surface area contributed by atoms with E-state index in [4.69, 9.17) is 4.74 Å². The standard InChI is InChI=1S/C20H22N4O2S/c1-14-13-21-20(27-14)24(17-9-11-18(26-4)12-10-17)19(25)22-15-5-7-16(8-6-15)23(2)3/h5-13H,1-4H3,(H,22,25). The lowest BCUT2D eigenvalue weighted by atomic mass is 10.2. The minimum absolute atomic E-state index is 0.271. The molecule has 0 fully saturated rings. The number of methoxy groups -OCH3 is 1. The Hall–Kier alpha value is -3.06. The fourth-order valence-corrected chi connectivity index (χ4v) is 3.29. The zero-order valence-corrected chi connectivity index (χ0v) is 16.6. The van der Waals surface area contributed by atoms with Gasteiger partial charge in [0.05, 0.1) is 12.8 Å². The molecule has 0 bridgehead atoms. The largest absolute Gasteiger partial charge is 0.497 e. The molecule has 2 aromatic carbocycles. The summed E-state index contributed by atoms with van der Waals surface area (Å²) in [4.78, 5) is 22.0. The molecule has 0 radical (unpaired) electrons. The van der Waals surface area contributed by atoms with Gasteiger partial charge in [0.15, 0.2) is 5.13 Å². The lowest BCUT2D eigenvalue weighted by molar-refractivity contribution is 0.259. The van der Waals surface area contributed by atoms with Crippen molar-refractivity contribution >= 4 is 39.6 Å². The molecule has 0 aliphatic heterocycles. The number of anilines is 4. The Morgan fingerprint density at radius 2 is 1.67 bits per heavy atom. The average Bonchev–Trinajstić information content (AvgIpc) is 3.08. The number of rotatable bonds is 5. The molecule has 1 heterocycles. The number of aromatic nitrogens is 1. The summed E-state index contributed by atoms with van der Waals surface area (Å²) in [6, 6.07) is 14.7. The molecule has 27 heavy (non-hydrogen) atoms. The van der Waals surface area contributed by atoms with Gasteiger partial charge in [0.2, 0.25) is 0 Å². The van der Waals surface area contributed by atoms with Gasteiger partial charge >= 0.3 is 6.03 Å². The van der Waals surface area contributed by atoms with Crippen LogP contribution in [-0.2, 0) is 0 Å². The lowest BCUT2D eigenvalue weighted by Crippen LogP contribution is -2.30. The summed E-state index contributed by atoms with van der Waals surface area (Å²) >= 11 is 1.46. The van der Waals surface area contributed by atoms with Crippen molar-refractivity contribution in [2.24, 2.45) is 0 Å². The highest BCUT2D eigenvalue weighted by Gasteiger charge is 2.21. The van der Waals surface area contributed by atoms with Gasteiger partial charge in [0, 0.05) is 36.5 Å². The number of hydrogen-bond donors (Lipinski definition) is 1. The molecule has 140 valence electrons. The van der Waals surface area contributed by atoms with Crippen LogP contribution in [0, 0.1) is 6.92 Å². The average molecular weight is 382 g/mol. The van der Waals surface area contributed by atoms with Crippen molar-refractivity contribution in [2.75, 3.05) is 36.3 Å². The van der Waals surface area contributed by atoms with Crippen LogP contribution in [0.3, 0.4) is 0 Å². The van der Waals surface area contributed by atoms with E-state index in [1.54, 1.807) is 18.2 Å². The van der Waals surface area contributed by atoms with Crippen molar-refractivity contribution in [3.05, 3.63) is 59.6 Å². The van der Waals surface area contributed by atoms with E-state index in [9.17, 15) is 4.79 Å². The van der Waals surface area contributed by atoms with Gasteiger partial charge in [0.1, 0.15) is 5.75 Å². The summed E-state index contributed by atoms with van der Waals surface area (Å²) in [6.07, 6.45) is 1.76. The van der Waals surface area contributed by atoms with Crippen LogP contribution < -0.4 is 19.9 Å². The predicted octanol–water partition coefficient (Wildman–Crippen LogP) is 4.90. The molecule has 2 amide bonds. The molecule has 0 aliphatic rings. The molecule has 0 unspecified atom stereocenters. The molecular formula is C20H22N4O2S. The number of hydrogen-bond acceptors (Lipinski definition) is 5. The minimum Gasteiger partial charge on any atom is -0.497 e. The number of benzene rings is 2. The van der Waals surface area contributed by atoms with Crippen LogP contribution in [0.15, 0.2) is 54.7 Å². The molecule has 0 atom stereocenters. The van der Waals surface area contributed by atoms with Crippen LogP contribution in [-0.4, -0.2) is 32.2 Å². The topological polar surface area (TPSA) is 57.7 Å². The van der Waals surface area contributed by atoms with Crippen molar-refractivity contribution in [1.82, 2.24) is 4.98 Å². The van der Waals surface area contributed by atoms with Crippen LogP contribution in [0.2, 0.25) is 0 Å². The molecule has 1 aromatic heterocycles. The third-order valence-electron chi connectivity index (χ3n) is 3.97. The van der Waals surface area contributed by atoms with Gasteiger partial charge in [-0.2, -0.15) is 0 Å². The number of carbonyl (C=O) groups is 1. The Bertz CT molecular complexity index is 904. The summed E-state index contributed by atoms with van der Waals surface area (Å²) in [7, 11) is 5.56. The SMILES string of the molecule is COc1ccc(N(C(=O)Nc2ccc(N(C)C)cc2)c2ncc(C)s2)cc1. The maximum Gasteiger partial charge on any atom is 0.332 e. The minimum atomic E-state index is -0.271. The van der Waals surface area contributed by atoms with E-state index in [1.807, 2.05) is 74.4 Å². The van der Waals surface area contributed by atoms with E-state index in [1.165, 1.54) is 11.3 Å². The van der Waals surface area contributed by atoms with Gasteiger partial charge in [-0.1, -0.05) is 0 Å². The zero-order valence-electron chi connectivity index (χ0n) is 15.8. The molecule has 1 N–H and O–H groups in total. The Kier molecular flexibility index (Phi) is 5.61. The Balaban J connectivity index is 1.88. The first-order valence-electron chi connectivity index (χ1n) is 8.43. The van der Waals surface area contributed by atoms with E-state index < -0.39 is 0 Å². The number of amides is 2. The van der Waals surface area contributed by atoms with Gasteiger partial charge in [-0.3, -0.25) is 0 Å². The predicted molar refractivity (Wildman–Crippen MR) is 112 cm³/mol. The van der Waals surface area contributed by atoms with E-state index in [2.05, 4.69) is 10.3 Å². The van der Waals surface area contributed by atoms with Crippen LogP contribution >= 0.6 is 11.3 Å². The van der Waals surface area contributed by atoms with Gasteiger partial charge in [-0.05, 0) is 55.5 Å². The number of thiazole rings is 1. The first kappa shape index (κ1) is 18.7. The highest BCUT2D eigenvalue weighted by atomic mass is 32.1. The van der Waals surface area contributed by atoms with Crippen molar-refractivity contribution in [1.29, 1.82) is 0 Å². The second-order valence-electron chi connectivity index (χ2n) is 6.16. The zero-order chi connectivity index (χ0) is 19.4. The molecule has 0 saturated carbocycles. The van der Waals surface area contributed by atoms with Gasteiger partial charge in [0.25, 0.3) is 0 Å². The number of ether oxygens (including phenoxy) is 1. The third kappa shape index (κ3) is 4.38. The first-order chi connectivity index (χ1) is 13.0. The summed E-state index contributed by atoms with van der Waals surface area (Å²) < 4.78 is 5.21. The second-order valence-corrected chi connectivity index (χ2v) is 7.37. The highest BCUT2D eigenvalue weighted by Crippen LogP contribution is 2.31. The Labute approximate surface area is 163 Å². The van der Waals surface area contributed by atoms with Crippen molar-refractivity contribution in [3.63, 3.8) is 0 Å². The Morgan fingerprint density at radius 3 is 2.19 bits per heavy atom. The van der Waals surface area contributed by atoms with E-state index >= 15 is 0 Å². The van der Waals surface area contributed by atoms with Crippen LogP contribution in [0.1, 0.15) is 4.88 Å². The molecule has 0 saturated heterocycles. The summed E-state index contributed by atoms with van der Waals surface area (Å²) in [6.45, 7) is 1.96. The number of nitrogens with one attached hydrogen (secondary N) is 1. The fourth-order valence-electron chi connectivity index (χ4n) is 2.51. The van der Waals surface area contributed by atoms with Crippen molar-refractivity contribution in [3.8, 4) is 5.75 Å². The molecule has 6 nitrogen and oxygen atoms in total. The van der Waals surface area contributed by atoms with Gasteiger partial charge in [-0.15, -0.1) is 11.3 Å². The molecule has 0 aliphatic carbocycles. The smallest absolute Gasteiger partial charge is 0.332 e. The number of urea groups is 1. The molecule has 0 spiro atoms. The lowest BCUT2D eigenvalue weighted by Gasteiger charge is -2.21. The molecule has 3 aromatic rings. The van der Waals surface area contributed by atoms with E-state index in [0.29, 0.717) is 10.8 Å². The molecule has 7 heteroatoms. The molecule has 3 rings (SSSR count). The van der Waals surface area contributed by atoms with Crippen LogP contribution in [0.5, 0.6) is 5.75 Å². The number of carbonyl (C=O) groups excluding carboxylic acids is 1. The Morgan fingerprint density at radius 1 is 1.04 bits per heavy atom. The van der Waals surface area contributed by atoms with E-state index in [0.717, 1.165) is 22.0 Å². The highest BCUT2D eigenvalue weighted by molar-refractivity contribution is 7.15. The first-order valence-corrected chi connectivity index (χ1v) is 9.24. The molecular weight excluding hydrogens is 360 g/mol. The third-order valence-corrected chi connectivity index (χ3v) is 4.87. The number of aryl methyl sites for hydroxylation is 1. The van der Waals surface area contributed by atoms with Gasteiger partial charge in [-0.25, -0.2) is 14.7 Å². The summed E-state index contributed by atoms with van der Waals surface area (Å²) in [5.74, 6) is 0.730. The maximum atomic E-state index is 13.0. The second kappa shape index (κ2) is 8.09. The maximum absolute atomic E-state index is 13.0. The van der Waals surface area contributed by atoms with Crippen LogP contribution in [0.25, 0.3) is 0 Å². The summed E-state index contributed by atoms with van der Waals surface area (Å²) in [5, 5.41) is 3.56. The van der Waals surface area contributed by atoms with E-state index in [-0.39, 0.29) is 6.03 Å². The quantitative estimate of drug-likeness (QED) is 0.682. The monoisotopic (exact) mass is 382 g/mol. The van der Waals surface area contributed by atoms with Crippen molar-refractivity contribution < 1.29 is 9.53 Å². The fraction of sp³-hybridized carbons (Fsp3) is 0.200. The van der Waals surface area contributed by atoms with Crippen LogP contribution in [0.4, 0.5) is 27.0 Å². The summed E-state index contributed by atoms with van der Waals surface area (Å²) in [5.41, 5.74) is 2.50. The normalized spacial score (nSPS) is 10.4.